The van der Waals surface area contributed by atoms with E-state index < -0.39 is 0 Å². The highest BCUT2D eigenvalue weighted by Gasteiger charge is 2.21. The van der Waals surface area contributed by atoms with E-state index in [4.69, 9.17) is 18.0 Å². The number of para-hydroxylation sites is 1. The minimum atomic E-state index is -0.163. The van der Waals surface area contributed by atoms with Gasteiger partial charge < -0.3 is 15.7 Å². The number of hydrogen-bond donors (Lipinski definition) is 2. The average molecular weight is 250 g/mol. The molecule has 0 atom stereocenters. The van der Waals surface area contributed by atoms with Crippen LogP contribution in [-0.2, 0) is 0 Å². The van der Waals surface area contributed by atoms with Crippen LogP contribution in [0.2, 0.25) is 0 Å². The van der Waals surface area contributed by atoms with E-state index in [-0.39, 0.29) is 6.10 Å². The highest BCUT2D eigenvalue weighted by Crippen LogP contribution is 2.28. The Morgan fingerprint density at radius 3 is 2.65 bits per heavy atom. The largest absolute Gasteiger partial charge is 0.393 e. The standard InChI is InChI=1S/C13H18N2OS/c1-9-3-2-4-11(13(14)17)12(9)15-7-5-10(16)6-8-15/h2-4,10,16H,5-8H2,1H3,(H2,14,17). The van der Waals surface area contributed by atoms with Gasteiger partial charge in [0.05, 0.1) is 6.10 Å². The van der Waals surface area contributed by atoms with E-state index in [0.29, 0.717) is 4.99 Å². The maximum Gasteiger partial charge on any atom is 0.106 e. The van der Waals surface area contributed by atoms with Crippen LogP contribution in [-0.4, -0.2) is 29.3 Å². The van der Waals surface area contributed by atoms with Crippen molar-refractivity contribution in [3.05, 3.63) is 29.3 Å². The Morgan fingerprint density at radius 2 is 2.06 bits per heavy atom. The van der Waals surface area contributed by atoms with Crippen molar-refractivity contribution in [1.29, 1.82) is 0 Å². The Kier molecular flexibility index (Phi) is 3.64. The Morgan fingerprint density at radius 1 is 1.41 bits per heavy atom. The van der Waals surface area contributed by atoms with Crippen molar-refractivity contribution >= 4 is 22.9 Å². The van der Waals surface area contributed by atoms with E-state index in [1.165, 1.54) is 5.56 Å². The molecule has 0 amide bonds. The highest BCUT2D eigenvalue weighted by atomic mass is 32.1. The molecule has 0 aromatic heterocycles. The molecule has 3 nitrogen and oxygen atoms in total. The molecule has 0 radical (unpaired) electrons. The molecular formula is C13H18N2OS. The molecule has 0 spiro atoms. The van der Waals surface area contributed by atoms with Crippen LogP contribution in [0.5, 0.6) is 0 Å². The fraction of sp³-hybridized carbons (Fsp3) is 0.462. The maximum absolute atomic E-state index is 9.54. The summed E-state index contributed by atoms with van der Waals surface area (Å²) in [5.41, 5.74) is 9.03. The summed E-state index contributed by atoms with van der Waals surface area (Å²) < 4.78 is 0. The fourth-order valence-electron chi connectivity index (χ4n) is 2.37. The maximum atomic E-state index is 9.54. The number of nitrogens with zero attached hydrogens (tertiary/aromatic N) is 1. The third kappa shape index (κ3) is 2.58. The zero-order valence-corrected chi connectivity index (χ0v) is 10.8. The van der Waals surface area contributed by atoms with Gasteiger partial charge in [-0.25, -0.2) is 0 Å². The number of nitrogens with two attached hydrogens (primary N) is 1. The van der Waals surface area contributed by atoms with Gasteiger partial charge in [0.25, 0.3) is 0 Å². The summed E-state index contributed by atoms with van der Waals surface area (Å²) in [6.45, 7) is 3.80. The Hall–Kier alpha value is -1.13. The molecule has 1 aromatic carbocycles. The van der Waals surface area contributed by atoms with Crippen molar-refractivity contribution in [1.82, 2.24) is 0 Å². The predicted octanol–water partition coefficient (Wildman–Crippen LogP) is 1.59. The molecule has 1 aliphatic rings. The van der Waals surface area contributed by atoms with Crippen molar-refractivity contribution in [2.24, 2.45) is 5.73 Å². The van der Waals surface area contributed by atoms with Gasteiger partial charge in [0.1, 0.15) is 4.99 Å². The molecule has 17 heavy (non-hydrogen) atoms. The molecular weight excluding hydrogens is 232 g/mol. The number of hydrogen-bond acceptors (Lipinski definition) is 3. The van der Waals surface area contributed by atoms with Crippen LogP contribution in [0.15, 0.2) is 18.2 Å². The second-order valence-corrected chi connectivity index (χ2v) is 4.99. The van der Waals surface area contributed by atoms with Crippen LogP contribution in [0.1, 0.15) is 24.0 Å². The average Bonchev–Trinajstić information content (AvgIpc) is 2.30. The molecule has 1 aliphatic heterocycles. The van der Waals surface area contributed by atoms with E-state index in [1.807, 2.05) is 12.1 Å². The van der Waals surface area contributed by atoms with Crippen LogP contribution >= 0.6 is 12.2 Å². The first-order valence-electron chi connectivity index (χ1n) is 5.92. The summed E-state index contributed by atoms with van der Waals surface area (Å²) in [7, 11) is 0. The fourth-order valence-corrected chi connectivity index (χ4v) is 2.53. The van der Waals surface area contributed by atoms with Crippen LogP contribution in [0.4, 0.5) is 5.69 Å². The second-order valence-electron chi connectivity index (χ2n) is 4.55. The van der Waals surface area contributed by atoms with Crippen molar-refractivity contribution in [2.45, 2.75) is 25.9 Å². The Labute approximate surface area is 107 Å². The summed E-state index contributed by atoms with van der Waals surface area (Å²) in [6.07, 6.45) is 1.46. The van der Waals surface area contributed by atoms with Gasteiger partial charge in [-0.15, -0.1) is 0 Å². The van der Waals surface area contributed by atoms with Crippen molar-refractivity contribution < 1.29 is 5.11 Å². The Balaban J connectivity index is 2.33. The normalized spacial score (nSPS) is 17.2. The summed E-state index contributed by atoms with van der Waals surface area (Å²) in [4.78, 5) is 2.71. The number of aliphatic hydroxyl groups excluding tert-OH is 1. The highest BCUT2D eigenvalue weighted by molar-refractivity contribution is 7.80. The van der Waals surface area contributed by atoms with Gasteiger partial charge in [0, 0.05) is 24.3 Å². The third-order valence-corrected chi connectivity index (χ3v) is 3.50. The number of benzene rings is 1. The van der Waals surface area contributed by atoms with Gasteiger partial charge in [0.2, 0.25) is 0 Å². The first-order chi connectivity index (χ1) is 8.09. The van der Waals surface area contributed by atoms with E-state index in [2.05, 4.69) is 17.9 Å². The lowest BCUT2D eigenvalue weighted by Gasteiger charge is -2.33. The van der Waals surface area contributed by atoms with E-state index in [9.17, 15) is 5.11 Å². The zero-order chi connectivity index (χ0) is 12.4. The number of aliphatic hydroxyl groups is 1. The first kappa shape index (κ1) is 12.3. The summed E-state index contributed by atoms with van der Waals surface area (Å²) in [6, 6.07) is 6.02. The number of aryl methyl sites for hydroxylation is 1. The lowest BCUT2D eigenvalue weighted by Crippen LogP contribution is -2.37. The summed E-state index contributed by atoms with van der Waals surface area (Å²) in [5.74, 6) is 0. The minimum absolute atomic E-state index is 0.163. The molecule has 1 heterocycles. The number of rotatable bonds is 2. The number of piperidine rings is 1. The van der Waals surface area contributed by atoms with E-state index in [1.54, 1.807) is 0 Å². The minimum Gasteiger partial charge on any atom is -0.393 e. The summed E-state index contributed by atoms with van der Waals surface area (Å²) >= 11 is 5.10. The molecule has 0 unspecified atom stereocenters. The zero-order valence-electron chi connectivity index (χ0n) is 10.0. The van der Waals surface area contributed by atoms with Gasteiger partial charge in [-0.05, 0) is 31.4 Å². The molecule has 4 heteroatoms. The molecule has 0 bridgehead atoms. The SMILES string of the molecule is Cc1cccc(C(N)=S)c1N1CCC(O)CC1. The molecule has 1 saturated heterocycles. The molecule has 3 N–H and O–H groups in total. The van der Waals surface area contributed by atoms with E-state index in [0.717, 1.165) is 37.2 Å². The van der Waals surface area contributed by atoms with Crippen LogP contribution in [0.25, 0.3) is 0 Å². The van der Waals surface area contributed by atoms with Crippen molar-refractivity contribution in [2.75, 3.05) is 18.0 Å². The van der Waals surface area contributed by atoms with Crippen molar-refractivity contribution in [3.63, 3.8) is 0 Å². The van der Waals surface area contributed by atoms with Gasteiger partial charge in [-0.1, -0.05) is 24.4 Å². The Bertz CT molecular complexity index is 425. The molecule has 1 fully saturated rings. The van der Waals surface area contributed by atoms with Crippen LogP contribution < -0.4 is 10.6 Å². The third-order valence-electron chi connectivity index (χ3n) is 3.28. The monoisotopic (exact) mass is 250 g/mol. The quantitative estimate of drug-likeness (QED) is 0.783. The van der Waals surface area contributed by atoms with Crippen LogP contribution in [0, 0.1) is 6.92 Å². The molecule has 1 aromatic rings. The second kappa shape index (κ2) is 5.02. The van der Waals surface area contributed by atoms with Gasteiger partial charge in [-0.3, -0.25) is 0 Å². The van der Waals surface area contributed by atoms with E-state index >= 15 is 0 Å². The molecule has 0 saturated carbocycles. The first-order valence-corrected chi connectivity index (χ1v) is 6.33. The predicted molar refractivity (Wildman–Crippen MR) is 74.5 cm³/mol. The van der Waals surface area contributed by atoms with Gasteiger partial charge in [-0.2, -0.15) is 0 Å². The molecule has 2 rings (SSSR count). The topological polar surface area (TPSA) is 49.5 Å². The van der Waals surface area contributed by atoms with Crippen LogP contribution in [0.3, 0.4) is 0 Å². The lowest BCUT2D eigenvalue weighted by molar-refractivity contribution is 0.145. The molecule has 92 valence electrons. The number of thiocarbonyl (C=S) groups is 1. The number of anilines is 1. The smallest absolute Gasteiger partial charge is 0.106 e. The van der Waals surface area contributed by atoms with Gasteiger partial charge in [0.15, 0.2) is 0 Å². The lowest BCUT2D eigenvalue weighted by atomic mass is 10.0. The van der Waals surface area contributed by atoms with Gasteiger partial charge >= 0.3 is 0 Å². The molecule has 0 aliphatic carbocycles. The van der Waals surface area contributed by atoms with Crippen molar-refractivity contribution in [3.8, 4) is 0 Å². The summed E-state index contributed by atoms with van der Waals surface area (Å²) in [5, 5.41) is 9.54.